The maximum Gasteiger partial charge on any atom is 0.188 e. The molecule has 0 amide bonds. The van der Waals surface area contributed by atoms with Gasteiger partial charge in [0.25, 0.3) is 0 Å². The molecule has 1 heterocycles. The van der Waals surface area contributed by atoms with E-state index in [1.807, 2.05) is 44.2 Å². The van der Waals surface area contributed by atoms with Crippen LogP contribution in [0.5, 0.6) is 5.75 Å². The highest BCUT2D eigenvalue weighted by molar-refractivity contribution is 6.32. The molecule has 0 saturated heterocycles. The highest BCUT2D eigenvalue weighted by atomic mass is 35.5. The first-order valence-electron chi connectivity index (χ1n) is 9.32. The van der Waals surface area contributed by atoms with Gasteiger partial charge in [0.15, 0.2) is 11.5 Å². The van der Waals surface area contributed by atoms with Crippen LogP contribution in [0.15, 0.2) is 36.4 Å². The van der Waals surface area contributed by atoms with Crippen LogP contribution < -0.4 is 15.8 Å². The maximum atomic E-state index is 7.33. The molecule has 7 heteroatoms. The van der Waals surface area contributed by atoms with E-state index in [9.17, 15) is 0 Å². The van der Waals surface area contributed by atoms with E-state index in [0.29, 0.717) is 28.8 Å². The fourth-order valence-electron chi connectivity index (χ4n) is 3.03. The summed E-state index contributed by atoms with van der Waals surface area (Å²) >= 11 is 6.21. The standard InChI is InChI=1S/C22H24ClN5O/c1-22(2,24)10-9-19-16-7-6-15(25-3)12-17(16)21(28-27-19)26-13-14-5-8-20(29-4)18(23)11-14/h5-8,11-12H,9-10,13,24H2,1-2,4H3,(H,26,28). The third-order valence-corrected chi connectivity index (χ3v) is 4.95. The van der Waals surface area contributed by atoms with Crippen molar-refractivity contribution < 1.29 is 4.74 Å². The smallest absolute Gasteiger partial charge is 0.188 e. The number of aryl methyl sites for hydroxylation is 1. The number of hydrogen-bond acceptors (Lipinski definition) is 5. The average Bonchev–Trinajstić information content (AvgIpc) is 2.70. The van der Waals surface area contributed by atoms with Crippen LogP contribution in [-0.2, 0) is 13.0 Å². The molecule has 3 aromatic rings. The molecular weight excluding hydrogens is 386 g/mol. The van der Waals surface area contributed by atoms with Gasteiger partial charge in [-0.25, -0.2) is 4.85 Å². The van der Waals surface area contributed by atoms with Crippen molar-refractivity contribution in [2.45, 2.75) is 38.8 Å². The maximum absolute atomic E-state index is 7.33. The Morgan fingerprint density at radius 1 is 1.17 bits per heavy atom. The Kier molecular flexibility index (Phi) is 6.21. The van der Waals surface area contributed by atoms with Gasteiger partial charge in [0.1, 0.15) is 5.75 Å². The van der Waals surface area contributed by atoms with Gasteiger partial charge in [-0.05, 0) is 50.5 Å². The molecule has 2 aromatic carbocycles. The third kappa shape index (κ3) is 5.14. The van der Waals surface area contributed by atoms with E-state index in [4.69, 9.17) is 28.6 Å². The second kappa shape index (κ2) is 8.64. The number of nitrogens with one attached hydrogen (secondary N) is 1. The quantitative estimate of drug-likeness (QED) is 0.529. The second-order valence-electron chi connectivity index (χ2n) is 7.65. The normalized spacial score (nSPS) is 11.3. The number of hydrogen-bond donors (Lipinski definition) is 2. The Morgan fingerprint density at radius 3 is 2.62 bits per heavy atom. The zero-order chi connectivity index (χ0) is 21.0. The Hall–Kier alpha value is -2.88. The summed E-state index contributed by atoms with van der Waals surface area (Å²) in [4.78, 5) is 3.55. The Labute approximate surface area is 175 Å². The Balaban J connectivity index is 1.91. The minimum absolute atomic E-state index is 0.283. The summed E-state index contributed by atoms with van der Waals surface area (Å²) in [5.41, 5.74) is 8.28. The predicted molar refractivity (Wildman–Crippen MR) is 118 cm³/mol. The zero-order valence-corrected chi connectivity index (χ0v) is 17.5. The zero-order valence-electron chi connectivity index (χ0n) is 16.8. The number of anilines is 1. The summed E-state index contributed by atoms with van der Waals surface area (Å²) < 4.78 is 5.19. The van der Waals surface area contributed by atoms with E-state index in [0.717, 1.165) is 34.9 Å². The monoisotopic (exact) mass is 409 g/mol. The lowest BCUT2D eigenvalue weighted by Crippen LogP contribution is -2.32. The first kappa shape index (κ1) is 20.8. The molecule has 150 valence electrons. The first-order chi connectivity index (χ1) is 13.8. The van der Waals surface area contributed by atoms with Crippen LogP contribution in [-0.4, -0.2) is 22.8 Å². The van der Waals surface area contributed by atoms with Gasteiger partial charge in [-0.15, -0.1) is 5.10 Å². The molecule has 29 heavy (non-hydrogen) atoms. The van der Waals surface area contributed by atoms with Gasteiger partial charge in [0, 0.05) is 22.9 Å². The number of nitrogens with two attached hydrogens (primary N) is 1. The molecule has 0 aliphatic carbocycles. The number of halogens is 1. The van der Waals surface area contributed by atoms with Crippen LogP contribution in [0.2, 0.25) is 5.02 Å². The molecule has 0 aliphatic heterocycles. The van der Waals surface area contributed by atoms with Crippen molar-refractivity contribution in [1.29, 1.82) is 0 Å². The molecule has 0 aliphatic rings. The van der Waals surface area contributed by atoms with Crippen molar-refractivity contribution in [3.63, 3.8) is 0 Å². The van der Waals surface area contributed by atoms with Crippen LogP contribution in [0, 0.1) is 6.57 Å². The molecule has 0 bridgehead atoms. The summed E-state index contributed by atoms with van der Waals surface area (Å²) in [6, 6.07) is 11.2. The Morgan fingerprint density at radius 2 is 1.97 bits per heavy atom. The number of methoxy groups -OCH3 is 1. The van der Waals surface area contributed by atoms with Crippen molar-refractivity contribution in [2.24, 2.45) is 5.73 Å². The summed E-state index contributed by atoms with van der Waals surface area (Å²) in [5, 5.41) is 14.5. The lowest BCUT2D eigenvalue weighted by atomic mass is 9.97. The minimum atomic E-state index is -0.283. The molecule has 0 saturated carbocycles. The van der Waals surface area contributed by atoms with E-state index < -0.39 is 0 Å². The van der Waals surface area contributed by atoms with Gasteiger partial charge in [-0.1, -0.05) is 29.8 Å². The van der Waals surface area contributed by atoms with Gasteiger partial charge in [-0.3, -0.25) is 0 Å². The lowest BCUT2D eigenvalue weighted by Gasteiger charge is -2.18. The molecule has 0 spiro atoms. The molecule has 0 radical (unpaired) electrons. The predicted octanol–water partition coefficient (Wildman–Crippen LogP) is 5.12. The van der Waals surface area contributed by atoms with E-state index >= 15 is 0 Å². The van der Waals surface area contributed by atoms with Crippen molar-refractivity contribution in [3.05, 3.63) is 64.1 Å². The van der Waals surface area contributed by atoms with E-state index in [2.05, 4.69) is 20.4 Å². The molecule has 6 nitrogen and oxygen atoms in total. The first-order valence-corrected chi connectivity index (χ1v) is 9.70. The molecule has 0 atom stereocenters. The van der Waals surface area contributed by atoms with Crippen molar-refractivity contribution in [3.8, 4) is 5.75 Å². The topological polar surface area (TPSA) is 77.4 Å². The number of nitrogens with zero attached hydrogens (tertiary/aromatic N) is 3. The minimum Gasteiger partial charge on any atom is -0.495 e. The van der Waals surface area contributed by atoms with E-state index in [1.54, 1.807) is 13.2 Å². The Bertz CT molecular complexity index is 1070. The summed E-state index contributed by atoms with van der Waals surface area (Å²) in [5.74, 6) is 1.27. The van der Waals surface area contributed by atoms with Gasteiger partial charge < -0.3 is 15.8 Å². The number of benzene rings is 2. The molecule has 3 rings (SSSR count). The van der Waals surface area contributed by atoms with E-state index in [1.165, 1.54) is 0 Å². The molecule has 0 fully saturated rings. The molecule has 0 unspecified atom stereocenters. The molecular formula is C22H24ClN5O. The number of rotatable bonds is 7. The van der Waals surface area contributed by atoms with Gasteiger partial charge in [0.05, 0.1) is 24.4 Å². The summed E-state index contributed by atoms with van der Waals surface area (Å²) in [7, 11) is 1.59. The SMILES string of the molecule is [C-]#[N+]c1ccc2c(CCC(C)(C)N)nnc(NCc3ccc(OC)c(Cl)c3)c2c1. The van der Waals surface area contributed by atoms with Crippen molar-refractivity contribution in [1.82, 2.24) is 10.2 Å². The lowest BCUT2D eigenvalue weighted by molar-refractivity contribution is 0.415. The average molecular weight is 410 g/mol. The van der Waals surface area contributed by atoms with Crippen LogP contribution in [0.25, 0.3) is 15.6 Å². The van der Waals surface area contributed by atoms with Gasteiger partial charge >= 0.3 is 0 Å². The number of fused-ring (bicyclic) bond motifs is 1. The second-order valence-corrected chi connectivity index (χ2v) is 8.06. The van der Waals surface area contributed by atoms with Crippen molar-refractivity contribution in [2.75, 3.05) is 12.4 Å². The fraction of sp³-hybridized carbons (Fsp3) is 0.318. The number of ether oxygens (including phenoxy) is 1. The third-order valence-electron chi connectivity index (χ3n) is 4.65. The summed E-state index contributed by atoms with van der Waals surface area (Å²) in [6.45, 7) is 11.8. The van der Waals surface area contributed by atoms with Gasteiger partial charge in [0.2, 0.25) is 0 Å². The van der Waals surface area contributed by atoms with Crippen LogP contribution in [0.4, 0.5) is 11.5 Å². The number of aromatic nitrogens is 2. The van der Waals surface area contributed by atoms with Crippen LogP contribution in [0.3, 0.4) is 0 Å². The fourth-order valence-corrected chi connectivity index (χ4v) is 3.31. The van der Waals surface area contributed by atoms with Crippen LogP contribution >= 0.6 is 11.6 Å². The van der Waals surface area contributed by atoms with Crippen LogP contribution in [0.1, 0.15) is 31.5 Å². The van der Waals surface area contributed by atoms with E-state index in [-0.39, 0.29) is 5.54 Å². The molecule has 3 N–H and O–H groups in total. The highest BCUT2D eigenvalue weighted by Gasteiger charge is 2.15. The largest absolute Gasteiger partial charge is 0.495 e. The van der Waals surface area contributed by atoms with Gasteiger partial charge in [-0.2, -0.15) is 5.10 Å². The highest BCUT2D eigenvalue weighted by Crippen LogP contribution is 2.30. The van der Waals surface area contributed by atoms with Crippen molar-refractivity contribution >= 4 is 33.9 Å². The summed E-state index contributed by atoms with van der Waals surface area (Å²) in [6.07, 6.45) is 1.51. The molecule has 1 aromatic heterocycles.